The number of benzene rings is 1. The van der Waals surface area contributed by atoms with Crippen molar-refractivity contribution in [3.63, 3.8) is 0 Å². The summed E-state index contributed by atoms with van der Waals surface area (Å²) in [7, 11) is 0. The summed E-state index contributed by atoms with van der Waals surface area (Å²) in [6.07, 6.45) is 3.01. The van der Waals surface area contributed by atoms with Crippen molar-refractivity contribution in [3.05, 3.63) is 36.0 Å². The number of aromatic amines is 1. The van der Waals surface area contributed by atoms with E-state index < -0.39 is 12.1 Å². The third-order valence-electron chi connectivity index (χ3n) is 3.77. The standard InChI is InChI=1S/C15H17N3O2/c1-2-11-14(19)18-13(15(20)17-11)7-9-8-16-12-6-4-3-5-10(9)12/h3-6,8,11,13,16H,2,7H2,1H3,(H,17,20)(H,18,19)/t11-,13-/m0/s1. The molecule has 0 unspecified atom stereocenters. The van der Waals surface area contributed by atoms with Gasteiger partial charge >= 0.3 is 0 Å². The number of para-hydroxylation sites is 1. The van der Waals surface area contributed by atoms with Crippen LogP contribution in [0.2, 0.25) is 0 Å². The molecule has 0 spiro atoms. The quantitative estimate of drug-likeness (QED) is 0.782. The molecule has 1 fully saturated rings. The average molecular weight is 271 g/mol. The Morgan fingerprint density at radius 3 is 2.55 bits per heavy atom. The van der Waals surface area contributed by atoms with Crippen molar-refractivity contribution >= 4 is 22.7 Å². The lowest BCUT2D eigenvalue weighted by atomic mass is 10.0. The van der Waals surface area contributed by atoms with Crippen LogP contribution in [0.3, 0.4) is 0 Å². The molecule has 1 aromatic heterocycles. The number of nitrogens with one attached hydrogen (secondary N) is 3. The summed E-state index contributed by atoms with van der Waals surface area (Å²) in [6, 6.07) is 7.03. The van der Waals surface area contributed by atoms with E-state index in [1.54, 1.807) is 0 Å². The van der Waals surface area contributed by atoms with Crippen LogP contribution in [-0.2, 0) is 16.0 Å². The molecule has 2 heterocycles. The largest absolute Gasteiger partial charge is 0.361 e. The van der Waals surface area contributed by atoms with Crippen LogP contribution in [0.5, 0.6) is 0 Å². The maximum absolute atomic E-state index is 12.0. The number of aromatic nitrogens is 1. The zero-order valence-corrected chi connectivity index (χ0v) is 11.3. The molecule has 20 heavy (non-hydrogen) atoms. The van der Waals surface area contributed by atoms with E-state index in [9.17, 15) is 9.59 Å². The first-order valence-corrected chi connectivity index (χ1v) is 6.84. The number of piperazine rings is 1. The summed E-state index contributed by atoms with van der Waals surface area (Å²) in [5.74, 6) is -0.210. The highest BCUT2D eigenvalue weighted by Gasteiger charge is 2.32. The first-order chi connectivity index (χ1) is 9.69. The normalized spacial score (nSPS) is 22.6. The first-order valence-electron chi connectivity index (χ1n) is 6.84. The molecule has 0 saturated carbocycles. The van der Waals surface area contributed by atoms with Gasteiger partial charge in [-0.15, -0.1) is 0 Å². The Morgan fingerprint density at radius 2 is 1.75 bits per heavy atom. The van der Waals surface area contributed by atoms with Crippen LogP contribution in [0.15, 0.2) is 30.5 Å². The predicted octanol–water partition coefficient (Wildman–Crippen LogP) is 1.10. The van der Waals surface area contributed by atoms with Gasteiger partial charge in [-0.2, -0.15) is 0 Å². The second-order valence-corrected chi connectivity index (χ2v) is 5.09. The Kier molecular flexibility index (Phi) is 3.18. The van der Waals surface area contributed by atoms with Crippen molar-refractivity contribution in [2.45, 2.75) is 31.8 Å². The molecule has 104 valence electrons. The van der Waals surface area contributed by atoms with E-state index in [1.807, 2.05) is 37.4 Å². The Labute approximate surface area is 116 Å². The van der Waals surface area contributed by atoms with Crippen molar-refractivity contribution in [2.24, 2.45) is 0 Å². The zero-order valence-electron chi connectivity index (χ0n) is 11.3. The summed E-state index contributed by atoms with van der Waals surface area (Å²) < 4.78 is 0. The van der Waals surface area contributed by atoms with Crippen molar-refractivity contribution in [3.8, 4) is 0 Å². The van der Waals surface area contributed by atoms with E-state index in [2.05, 4.69) is 15.6 Å². The second-order valence-electron chi connectivity index (χ2n) is 5.09. The minimum atomic E-state index is -0.496. The highest BCUT2D eigenvalue weighted by Crippen LogP contribution is 2.19. The summed E-state index contributed by atoms with van der Waals surface area (Å²) in [4.78, 5) is 27.1. The second kappa shape index (κ2) is 5.00. The Balaban J connectivity index is 1.81. The van der Waals surface area contributed by atoms with Crippen molar-refractivity contribution in [1.82, 2.24) is 15.6 Å². The Morgan fingerprint density at radius 1 is 1.05 bits per heavy atom. The fraction of sp³-hybridized carbons (Fsp3) is 0.333. The number of fused-ring (bicyclic) bond motifs is 1. The van der Waals surface area contributed by atoms with Crippen LogP contribution >= 0.6 is 0 Å². The van der Waals surface area contributed by atoms with E-state index in [1.165, 1.54) is 0 Å². The van der Waals surface area contributed by atoms with Gasteiger partial charge in [0.15, 0.2) is 0 Å². The van der Waals surface area contributed by atoms with Gasteiger partial charge in [0.2, 0.25) is 11.8 Å². The molecule has 0 radical (unpaired) electrons. The van der Waals surface area contributed by atoms with Gasteiger partial charge in [-0.25, -0.2) is 0 Å². The molecular formula is C15H17N3O2. The van der Waals surface area contributed by atoms with Crippen molar-refractivity contribution in [1.29, 1.82) is 0 Å². The van der Waals surface area contributed by atoms with Gasteiger partial charge in [0.05, 0.1) is 0 Å². The average Bonchev–Trinajstić information content (AvgIpc) is 2.86. The molecule has 5 heteroatoms. The number of rotatable bonds is 3. The van der Waals surface area contributed by atoms with Gasteiger partial charge < -0.3 is 15.6 Å². The first kappa shape index (κ1) is 12.7. The molecule has 5 nitrogen and oxygen atoms in total. The van der Waals surface area contributed by atoms with Crippen molar-refractivity contribution < 1.29 is 9.59 Å². The van der Waals surface area contributed by atoms with Gasteiger partial charge in [-0.05, 0) is 18.1 Å². The number of H-pyrrole nitrogens is 1. The third-order valence-corrected chi connectivity index (χ3v) is 3.77. The van der Waals surface area contributed by atoms with Crippen molar-refractivity contribution in [2.75, 3.05) is 0 Å². The van der Waals surface area contributed by atoms with E-state index in [0.717, 1.165) is 16.5 Å². The van der Waals surface area contributed by atoms with Crippen LogP contribution in [0.25, 0.3) is 10.9 Å². The van der Waals surface area contributed by atoms with Crippen LogP contribution < -0.4 is 10.6 Å². The summed E-state index contributed by atoms with van der Waals surface area (Å²) in [5.41, 5.74) is 2.08. The van der Waals surface area contributed by atoms with E-state index >= 15 is 0 Å². The van der Waals surface area contributed by atoms with Gasteiger partial charge in [0.1, 0.15) is 12.1 Å². The Hall–Kier alpha value is -2.30. The molecule has 3 N–H and O–H groups in total. The molecule has 3 rings (SSSR count). The van der Waals surface area contributed by atoms with Crippen LogP contribution in [0.4, 0.5) is 0 Å². The molecule has 2 aromatic rings. The van der Waals surface area contributed by atoms with E-state index in [0.29, 0.717) is 12.8 Å². The summed E-state index contributed by atoms with van der Waals surface area (Å²) in [6.45, 7) is 1.88. The maximum Gasteiger partial charge on any atom is 0.243 e. The van der Waals surface area contributed by atoms with E-state index in [-0.39, 0.29) is 11.8 Å². The SMILES string of the molecule is CC[C@@H]1NC(=O)[C@H](Cc2c[nH]c3ccccc23)NC1=O. The minimum Gasteiger partial charge on any atom is -0.361 e. The maximum atomic E-state index is 12.0. The number of hydrogen-bond donors (Lipinski definition) is 3. The van der Waals surface area contributed by atoms with E-state index in [4.69, 9.17) is 0 Å². The molecule has 0 aliphatic carbocycles. The molecule has 2 atom stereocenters. The smallest absolute Gasteiger partial charge is 0.243 e. The van der Waals surface area contributed by atoms with Gasteiger partial charge in [0.25, 0.3) is 0 Å². The summed E-state index contributed by atoms with van der Waals surface area (Å²) in [5, 5.41) is 6.66. The fourth-order valence-electron chi connectivity index (χ4n) is 2.63. The summed E-state index contributed by atoms with van der Waals surface area (Å²) >= 11 is 0. The van der Waals surface area contributed by atoms with Crippen LogP contribution in [0, 0.1) is 0 Å². The lowest BCUT2D eigenvalue weighted by Crippen LogP contribution is -2.62. The minimum absolute atomic E-state index is 0.100. The number of carbonyl (C=O) groups is 2. The molecule has 1 aromatic carbocycles. The lowest BCUT2D eigenvalue weighted by molar-refractivity contribution is -0.136. The van der Waals surface area contributed by atoms with Gasteiger partial charge in [-0.1, -0.05) is 25.1 Å². The molecule has 0 bridgehead atoms. The monoisotopic (exact) mass is 271 g/mol. The van der Waals surface area contributed by atoms with Crippen LogP contribution in [-0.4, -0.2) is 28.9 Å². The molecule has 1 aliphatic rings. The molecular weight excluding hydrogens is 254 g/mol. The number of carbonyl (C=O) groups excluding carboxylic acids is 2. The third kappa shape index (κ3) is 2.15. The van der Waals surface area contributed by atoms with Gasteiger partial charge in [0, 0.05) is 23.5 Å². The lowest BCUT2D eigenvalue weighted by Gasteiger charge is -2.28. The molecule has 1 saturated heterocycles. The van der Waals surface area contributed by atoms with Gasteiger partial charge in [-0.3, -0.25) is 9.59 Å². The predicted molar refractivity (Wildman–Crippen MR) is 76.2 cm³/mol. The molecule has 2 amide bonds. The Bertz CT molecular complexity index is 662. The fourth-order valence-corrected chi connectivity index (χ4v) is 2.63. The molecule has 1 aliphatic heterocycles. The highest BCUT2D eigenvalue weighted by atomic mass is 16.2. The topological polar surface area (TPSA) is 74.0 Å². The number of hydrogen-bond acceptors (Lipinski definition) is 2. The van der Waals surface area contributed by atoms with Crippen LogP contribution in [0.1, 0.15) is 18.9 Å². The zero-order chi connectivity index (χ0) is 14.1. The highest BCUT2D eigenvalue weighted by molar-refractivity contribution is 5.97. The number of amides is 2.